The SMILES string of the molecule is Cc1ccc(N=Nc2c(C)cc(C(C)(C)c3ccc(C(C)(C)c4cc(C)c(N=Nc5ccc(C)cc5)c(C)c4)cc3)cc2C)cc1. The molecule has 0 saturated heterocycles. The highest BCUT2D eigenvalue weighted by Crippen LogP contribution is 2.40. The van der Waals surface area contributed by atoms with E-state index in [0.29, 0.717) is 0 Å². The lowest BCUT2D eigenvalue weighted by Gasteiger charge is -2.30. The molecule has 5 aromatic carbocycles. The van der Waals surface area contributed by atoms with Gasteiger partial charge >= 0.3 is 0 Å². The molecule has 5 rings (SSSR count). The first-order chi connectivity index (χ1) is 21.8. The number of aryl methyl sites for hydroxylation is 6. The summed E-state index contributed by atoms with van der Waals surface area (Å²) in [6, 6.07) is 34.5. The Kier molecular flexibility index (Phi) is 9.21. The van der Waals surface area contributed by atoms with Crippen molar-refractivity contribution in [2.24, 2.45) is 20.5 Å². The number of rotatable bonds is 8. The average molecular weight is 607 g/mol. The Balaban J connectivity index is 1.37. The molecule has 234 valence electrons. The lowest BCUT2D eigenvalue weighted by Crippen LogP contribution is -2.22. The maximum absolute atomic E-state index is 4.63. The second-order valence-corrected chi connectivity index (χ2v) is 13.8. The smallest absolute Gasteiger partial charge is 0.0915 e. The van der Waals surface area contributed by atoms with Crippen LogP contribution in [0.5, 0.6) is 0 Å². The molecular formula is C42H46N4. The Bertz CT molecular complexity index is 1720. The minimum Gasteiger partial charge on any atom is -0.151 e. The van der Waals surface area contributed by atoms with E-state index in [4.69, 9.17) is 0 Å². The van der Waals surface area contributed by atoms with Gasteiger partial charge in [-0.25, -0.2) is 0 Å². The molecule has 0 saturated carbocycles. The molecule has 0 aliphatic rings. The van der Waals surface area contributed by atoms with Crippen molar-refractivity contribution in [3.63, 3.8) is 0 Å². The predicted octanol–water partition coefficient (Wildman–Crippen LogP) is 13.0. The van der Waals surface area contributed by atoms with Crippen molar-refractivity contribution >= 4 is 22.7 Å². The Labute approximate surface area is 275 Å². The van der Waals surface area contributed by atoms with Gasteiger partial charge in [-0.1, -0.05) is 112 Å². The van der Waals surface area contributed by atoms with Gasteiger partial charge in [-0.2, -0.15) is 20.5 Å². The Morgan fingerprint density at radius 1 is 0.348 bits per heavy atom. The van der Waals surface area contributed by atoms with Crippen LogP contribution in [0.3, 0.4) is 0 Å². The van der Waals surface area contributed by atoms with Gasteiger partial charge in [0.2, 0.25) is 0 Å². The predicted molar refractivity (Wildman–Crippen MR) is 193 cm³/mol. The highest BCUT2D eigenvalue weighted by atomic mass is 15.1. The van der Waals surface area contributed by atoms with Gasteiger partial charge < -0.3 is 0 Å². The summed E-state index contributed by atoms with van der Waals surface area (Å²) in [7, 11) is 0. The molecular weight excluding hydrogens is 560 g/mol. The Hall–Kier alpha value is -4.70. The summed E-state index contributed by atoms with van der Waals surface area (Å²) in [5.41, 5.74) is 15.3. The molecule has 0 radical (unpaired) electrons. The fraction of sp³-hybridized carbons (Fsp3) is 0.286. The number of hydrogen-bond donors (Lipinski definition) is 0. The third-order valence-electron chi connectivity index (χ3n) is 9.35. The second kappa shape index (κ2) is 13.0. The van der Waals surface area contributed by atoms with Crippen molar-refractivity contribution in [1.82, 2.24) is 0 Å². The zero-order valence-electron chi connectivity index (χ0n) is 29.0. The van der Waals surface area contributed by atoms with E-state index in [9.17, 15) is 0 Å². The monoisotopic (exact) mass is 606 g/mol. The second-order valence-electron chi connectivity index (χ2n) is 13.8. The molecule has 4 heteroatoms. The molecule has 0 bridgehead atoms. The van der Waals surface area contributed by atoms with Crippen LogP contribution in [0.4, 0.5) is 22.7 Å². The molecule has 0 N–H and O–H groups in total. The maximum atomic E-state index is 4.63. The van der Waals surface area contributed by atoms with E-state index in [1.54, 1.807) is 0 Å². The molecule has 5 aromatic rings. The summed E-state index contributed by atoms with van der Waals surface area (Å²) in [5.74, 6) is 0. The van der Waals surface area contributed by atoms with Gasteiger partial charge in [-0.05, 0) is 110 Å². The zero-order chi connectivity index (χ0) is 33.2. The summed E-state index contributed by atoms with van der Waals surface area (Å²) in [4.78, 5) is 0. The van der Waals surface area contributed by atoms with Gasteiger partial charge in [0, 0.05) is 10.8 Å². The number of hydrogen-bond acceptors (Lipinski definition) is 4. The molecule has 0 aromatic heterocycles. The normalized spacial score (nSPS) is 12.4. The van der Waals surface area contributed by atoms with E-state index >= 15 is 0 Å². The molecule has 0 fully saturated rings. The maximum Gasteiger partial charge on any atom is 0.0915 e. The van der Waals surface area contributed by atoms with Crippen molar-refractivity contribution < 1.29 is 0 Å². The van der Waals surface area contributed by atoms with Crippen molar-refractivity contribution in [2.75, 3.05) is 0 Å². The lowest BCUT2D eigenvalue weighted by molar-refractivity contribution is 0.625. The molecule has 46 heavy (non-hydrogen) atoms. The van der Waals surface area contributed by atoms with Crippen molar-refractivity contribution in [3.8, 4) is 0 Å². The van der Waals surface area contributed by atoms with Crippen LogP contribution >= 0.6 is 0 Å². The largest absolute Gasteiger partial charge is 0.151 e. The Morgan fingerprint density at radius 3 is 0.913 bits per heavy atom. The highest BCUT2D eigenvalue weighted by molar-refractivity contribution is 5.58. The van der Waals surface area contributed by atoms with E-state index < -0.39 is 0 Å². The molecule has 0 spiro atoms. The third kappa shape index (κ3) is 6.92. The lowest BCUT2D eigenvalue weighted by atomic mass is 9.73. The minimum absolute atomic E-state index is 0.178. The van der Waals surface area contributed by atoms with Crippen LogP contribution in [-0.4, -0.2) is 0 Å². The standard InChI is InChI=1S/C42H46N4/c1-27-11-19-37(20-12-27)43-45-39-29(3)23-35(24-30(39)4)41(7,8)33-15-17-34(18-16-33)42(9,10)36-25-31(5)40(32(6)26-36)46-44-38-21-13-28(2)14-22-38/h11-26H,1-10H3. The van der Waals surface area contributed by atoms with Gasteiger partial charge in [0.1, 0.15) is 0 Å². The van der Waals surface area contributed by atoms with Gasteiger partial charge in [-0.15, -0.1) is 0 Å². The first kappa shape index (κ1) is 32.7. The van der Waals surface area contributed by atoms with E-state index in [0.717, 1.165) is 45.0 Å². The van der Waals surface area contributed by atoms with Crippen LogP contribution in [0.15, 0.2) is 118 Å². The summed E-state index contributed by atoms with van der Waals surface area (Å²) in [6.45, 7) is 21.8. The van der Waals surface area contributed by atoms with E-state index in [1.165, 1.54) is 33.4 Å². The first-order valence-corrected chi connectivity index (χ1v) is 16.1. The molecule has 4 nitrogen and oxygen atoms in total. The number of benzene rings is 5. The molecule has 0 heterocycles. The van der Waals surface area contributed by atoms with Crippen LogP contribution in [0.1, 0.15) is 83.3 Å². The Morgan fingerprint density at radius 2 is 0.630 bits per heavy atom. The zero-order valence-corrected chi connectivity index (χ0v) is 29.0. The summed E-state index contributed by atoms with van der Waals surface area (Å²) >= 11 is 0. The summed E-state index contributed by atoms with van der Waals surface area (Å²) in [5, 5.41) is 18.3. The number of azo groups is 2. The quantitative estimate of drug-likeness (QED) is 0.158. The van der Waals surface area contributed by atoms with Gasteiger partial charge in [-0.3, -0.25) is 0 Å². The fourth-order valence-electron chi connectivity index (χ4n) is 6.02. The van der Waals surface area contributed by atoms with Crippen molar-refractivity contribution in [2.45, 2.75) is 80.1 Å². The van der Waals surface area contributed by atoms with Crippen LogP contribution in [-0.2, 0) is 10.8 Å². The van der Waals surface area contributed by atoms with Crippen LogP contribution in [0, 0.1) is 41.5 Å². The van der Waals surface area contributed by atoms with Gasteiger partial charge in [0.25, 0.3) is 0 Å². The molecule has 0 aliphatic heterocycles. The van der Waals surface area contributed by atoms with Crippen LogP contribution in [0.25, 0.3) is 0 Å². The molecule has 0 aliphatic carbocycles. The third-order valence-corrected chi connectivity index (χ3v) is 9.35. The first-order valence-electron chi connectivity index (χ1n) is 16.1. The number of nitrogens with zero attached hydrogens (tertiary/aromatic N) is 4. The molecule has 0 unspecified atom stereocenters. The van der Waals surface area contributed by atoms with E-state index in [-0.39, 0.29) is 10.8 Å². The van der Waals surface area contributed by atoms with Gasteiger partial charge in [0.05, 0.1) is 22.7 Å². The van der Waals surface area contributed by atoms with Crippen molar-refractivity contribution in [3.05, 3.63) is 153 Å². The molecule has 0 atom stereocenters. The van der Waals surface area contributed by atoms with Gasteiger partial charge in [0.15, 0.2) is 0 Å². The fourth-order valence-corrected chi connectivity index (χ4v) is 6.02. The van der Waals surface area contributed by atoms with Crippen LogP contribution < -0.4 is 0 Å². The minimum atomic E-state index is -0.178. The van der Waals surface area contributed by atoms with Crippen molar-refractivity contribution in [1.29, 1.82) is 0 Å². The van der Waals surface area contributed by atoms with E-state index in [2.05, 4.69) is 162 Å². The van der Waals surface area contributed by atoms with E-state index in [1.807, 2.05) is 24.3 Å². The summed E-state index contributed by atoms with van der Waals surface area (Å²) < 4.78 is 0. The average Bonchev–Trinajstić information content (AvgIpc) is 3.02. The summed E-state index contributed by atoms with van der Waals surface area (Å²) in [6.07, 6.45) is 0. The highest BCUT2D eigenvalue weighted by Gasteiger charge is 2.28. The van der Waals surface area contributed by atoms with Crippen LogP contribution in [0.2, 0.25) is 0 Å². The topological polar surface area (TPSA) is 49.4 Å². The molecule has 0 amide bonds.